The first-order valence-corrected chi connectivity index (χ1v) is 4.99. The van der Waals surface area contributed by atoms with Gasteiger partial charge in [0.05, 0.1) is 0 Å². The predicted molar refractivity (Wildman–Crippen MR) is 55.9 cm³/mol. The Hall–Kier alpha value is -0.920. The van der Waals surface area contributed by atoms with Crippen LogP contribution in [0, 0.1) is 0 Å². The first-order chi connectivity index (χ1) is 6.00. The van der Waals surface area contributed by atoms with E-state index < -0.39 is 0 Å². The molecule has 0 spiro atoms. The lowest BCUT2D eigenvalue weighted by atomic mass is 10.1. The normalized spacial score (nSPS) is 16.2. The number of aryl methyl sites for hydroxylation is 1. The van der Waals surface area contributed by atoms with Crippen molar-refractivity contribution >= 4 is 5.82 Å². The van der Waals surface area contributed by atoms with Gasteiger partial charge in [0.25, 0.3) is 0 Å². The first kappa shape index (κ1) is 8.67. The quantitative estimate of drug-likeness (QED) is 0.649. The summed E-state index contributed by atoms with van der Waals surface area (Å²) in [6.07, 6.45) is 3.70. The zero-order valence-electron chi connectivity index (χ0n) is 8.72. The van der Waals surface area contributed by atoms with Crippen molar-refractivity contribution in [2.45, 2.75) is 45.6 Å². The molecule has 0 radical (unpaired) electrons. The zero-order chi connectivity index (χ0) is 9.64. The molecule has 2 rings (SSSR count). The van der Waals surface area contributed by atoms with E-state index in [1.54, 1.807) is 0 Å². The van der Waals surface area contributed by atoms with Crippen LogP contribution in [0.5, 0.6) is 0 Å². The molecule has 2 N–H and O–H groups in total. The van der Waals surface area contributed by atoms with Gasteiger partial charge >= 0.3 is 0 Å². The van der Waals surface area contributed by atoms with Crippen LogP contribution in [0.1, 0.15) is 38.4 Å². The summed E-state index contributed by atoms with van der Waals surface area (Å²) in [5.74, 6) is 0.928. The van der Waals surface area contributed by atoms with Gasteiger partial charge in [-0.25, -0.2) is 0 Å². The molecular formula is C11H18N2. The molecule has 1 aromatic rings. The van der Waals surface area contributed by atoms with E-state index in [9.17, 15) is 0 Å². The van der Waals surface area contributed by atoms with E-state index in [4.69, 9.17) is 5.73 Å². The number of anilines is 1. The highest BCUT2D eigenvalue weighted by molar-refractivity contribution is 5.44. The van der Waals surface area contributed by atoms with Crippen LogP contribution in [0.4, 0.5) is 5.82 Å². The maximum absolute atomic E-state index is 6.00. The summed E-state index contributed by atoms with van der Waals surface area (Å²) in [5, 5.41) is 0. The Morgan fingerprint density at radius 1 is 1.31 bits per heavy atom. The molecule has 1 aromatic heterocycles. The van der Waals surface area contributed by atoms with Crippen LogP contribution in [0.3, 0.4) is 0 Å². The molecule has 0 fully saturated rings. The molecule has 1 aliphatic rings. The monoisotopic (exact) mass is 178 g/mol. The predicted octanol–water partition coefficient (Wildman–Crippen LogP) is 2.31. The molecule has 2 nitrogen and oxygen atoms in total. The van der Waals surface area contributed by atoms with Crippen molar-refractivity contribution in [2.24, 2.45) is 0 Å². The molecule has 72 valence electrons. The highest BCUT2D eigenvalue weighted by Gasteiger charge is 2.24. The van der Waals surface area contributed by atoms with E-state index in [2.05, 4.69) is 31.4 Å². The van der Waals surface area contributed by atoms with Crippen LogP contribution in [-0.2, 0) is 18.4 Å². The van der Waals surface area contributed by atoms with Crippen LogP contribution in [0.2, 0.25) is 0 Å². The summed E-state index contributed by atoms with van der Waals surface area (Å²) >= 11 is 0. The molecule has 2 heteroatoms. The van der Waals surface area contributed by atoms with Gasteiger partial charge in [-0.05, 0) is 51.7 Å². The Morgan fingerprint density at radius 2 is 2.00 bits per heavy atom. The topological polar surface area (TPSA) is 30.9 Å². The molecule has 0 saturated heterocycles. The van der Waals surface area contributed by atoms with Gasteiger partial charge in [0.2, 0.25) is 0 Å². The smallest absolute Gasteiger partial charge is 0.104 e. The number of hydrogen-bond donors (Lipinski definition) is 1. The number of aromatic nitrogens is 1. The molecule has 0 amide bonds. The zero-order valence-corrected chi connectivity index (χ0v) is 8.72. The van der Waals surface area contributed by atoms with Crippen molar-refractivity contribution in [1.29, 1.82) is 0 Å². The minimum absolute atomic E-state index is 0.127. The minimum Gasteiger partial charge on any atom is -0.385 e. The summed E-state index contributed by atoms with van der Waals surface area (Å²) in [6, 6.07) is 2.15. The highest BCUT2D eigenvalue weighted by atomic mass is 15.1. The number of nitrogens with zero attached hydrogens (tertiary/aromatic N) is 1. The fourth-order valence-corrected chi connectivity index (χ4v) is 2.35. The SMILES string of the molecule is CC(C)(C)n1c(N)cc2c1CCC2. The summed E-state index contributed by atoms with van der Waals surface area (Å²) in [6.45, 7) is 6.63. The van der Waals surface area contributed by atoms with Crippen molar-refractivity contribution < 1.29 is 0 Å². The van der Waals surface area contributed by atoms with Crippen molar-refractivity contribution in [1.82, 2.24) is 4.57 Å². The summed E-state index contributed by atoms with van der Waals surface area (Å²) in [4.78, 5) is 0. The molecule has 0 aromatic carbocycles. The van der Waals surface area contributed by atoms with Crippen molar-refractivity contribution in [3.05, 3.63) is 17.3 Å². The standard InChI is InChI=1S/C11H18N2/c1-11(2,3)13-9-6-4-5-8(9)7-10(13)12/h7H,4-6,12H2,1-3H3. The lowest BCUT2D eigenvalue weighted by Crippen LogP contribution is -2.25. The average Bonchev–Trinajstić information content (AvgIpc) is 2.41. The fourth-order valence-electron chi connectivity index (χ4n) is 2.35. The second kappa shape index (κ2) is 2.53. The van der Waals surface area contributed by atoms with Gasteiger partial charge in [0, 0.05) is 11.2 Å². The second-order valence-corrected chi connectivity index (χ2v) is 4.90. The molecule has 13 heavy (non-hydrogen) atoms. The highest BCUT2D eigenvalue weighted by Crippen LogP contribution is 2.32. The molecule has 0 bridgehead atoms. The number of rotatable bonds is 0. The van der Waals surface area contributed by atoms with E-state index in [1.807, 2.05) is 0 Å². The molecule has 0 unspecified atom stereocenters. The largest absolute Gasteiger partial charge is 0.385 e. The Kier molecular flexibility index (Phi) is 1.69. The molecule has 1 aliphatic carbocycles. The maximum Gasteiger partial charge on any atom is 0.104 e. The maximum atomic E-state index is 6.00. The van der Waals surface area contributed by atoms with E-state index in [-0.39, 0.29) is 5.54 Å². The summed E-state index contributed by atoms with van der Waals surface area (Å²) in [5.41, 5.74) is 9.06. The van der Waals surface area contributed by atoms with Crippen molar-refractivity contribution in [2.75, 3.05) is 5.73 Å². The number of nitrogen functional groups attached to an aromatic ring is 1. The van der Waals surface area contributed by atoms with Gasteiger partial charge in [-0.1, -0.05) is 0 Å². The van der Waals surface area contributed by atoms with Gasteiger partial charge in [0.15, 0.2) is 0 Å². The van der Waals surface area contributed by atoms with Crippen LogP contribution in [-0.4, -0.2) is 4.57 Å². The summed E-state index contributed by atoms with van der Waals surface area (Å²) < 4.78 is 2.29. The number of fused-ring (bicyclic) bond motifs is 1. The van der Waals surface area contributed by atoms with E-state index in [1.165, 1.54) is 30.5 Å². The van der Waals surface area contributed by atoms with E-state index >= 15 is 0 Å². The van der Waals surface area contributed by atoms with Crippen molar-refractivity contribution in [3.8, 4) is 0 Å². The third-order valence-corrected chi connectivity index (χ3v) is 2.75. The van der Waals surface area contributed by atoms with Gasteiger partial charge in [0.1, 0.15) is 5.82 Å². The third kappa shape index (κ3) is 1.25. The third-order valence-electron chi connectivity index (χ3n) is 2.75. The van der Waals surface area contributed by atoms with Crippen molar-refractivity contribution in [3.63, 3.8) is 0 Å². The van der Waals surface area contributed by atoms with Crippen LogP contribution in [0.25, 0.3) is 0 Å². The second-order valence-electron chi connectivity index (χ2n) is 4.90. The van der Waals surface area contributed by atoms with Gasteiger partial charge < -0.3 is 10.3 Å². The Labute approximate surface area is 79.7 Å². The molecule has 0 saturated carbocycles. The average molecular weight is 178 g/mol. The molecular weight excluding hydrogens is 160 g/mol. The number of hydrogen-bond acceptors (Lipinski definition) is 1. The summed E-state index contributed by atoms with van der Waals surface area (Å²) in [7, 11) is 0. The van der Waals surface area contributed by atoms with Gasteiger partial charge in [-0.3, -0.25) is 0 Å². The lowest BCUT2D eigenvalue weighted by Gasteiger charge is -2.25. The Morgan fingerprint density at radius 3 is 2.62 bits per heavy atom. The molecule has 0 atom stereocenters. The van der Waals surface area contributed by atoms with Gasteiger partial charge in [-0.2, -0.15) is 0 Å². The van der Waals surface area contributed by atoms with Crippen LogP contribution < -0.4 is 5.73 Å². The van der Waals surface area contributed by atoms with Gasteiger partial charge in [-0.15, -0.1) is 0 Å². The van der Waals surface area contributed by atoms with E-state index in [0.29, 0.717) is 0 Å². The Balaban J connectivity index is 2.56. The number of nitrogens with two attached hydrogens (primary N) is 1. The lowest BCUT2D eigenvalue weighted by molar-refractivity contribution is 0.393. The molecule has 0 aliphatic heterocycles. The first-order valence-electron chi connectivity index (χ1n) is 4.99. The Bertz CT molecular complexity index is 329. The van der Waals surface area contributed by atoms with E-state index in [0.717, 1.165) is 5.82 Å². The fraction of sp³-hybridized carbons (Fsp3) is 0.636. The molecule has 1 heterocycles. The van der Waals surface area contributed by atoms with Crippen LogP contribution in [0.15, 0.2) is 6.07 Å². The minimum atomic E-state index is 0.127. The van der Waals surface area contributed by atoms with Crippen LogP contribution >= 0.6 is 0 Å².